The molecule has 22 heavy (non-hydrogen) atoms. The molecule has 0 aromatic carbocycles. The van der Waals surface area contributed by atoms with Crippen LogP contribution in [0.4, 0.5) is 10.2 Å². The highest BCUT2D eigenvalue weighted by Gasteiger charge is 2.91. The van der Waals surface area contributed by atoms with Gasteiger partial charge in [-0.05, 0) is 6.07 Å². The molecule has 1 saturated heterocycles. The zero-order chi connectivity index (χ0) is 16.3. The average Bonchev–Trinajstić information content (AvgIpc) is 2.82. The first kappa shape index (κ1) is 15.2. The van der Waals surface area contributed by atoms with Crippen LogP contribution in [0.2, 0.25) is 0 Å². The van der Waals surface area contributed by atoms with Crippen LogP contribution in [0.3, 0.4) is 0 Å². The number of aliphatic hydroxyl groups is 1. The Morgan fingerprint density at radius 1 is 1.73 bits per heavy atom. The van der Waals surface area contributed by atoms with Gasteiger partial charge in [0.1, 0.15) is 11.9 Å². The first-order chi connectivity index (χ1) is 10.3. The molecule has 0 bridgehead atoms. The number of ether oxygens (including phenoxy) is 2. The number of esters is 1. The minimum atomic E-state index is -1.99. The van der Waals surface area contributed by atoms with Crippen LogP contribution in [0, 0.1) is 0 Å². The molecule has 1 unspecified atom stereocenters. The van der Waals surface area contributed by atoms with Gasteiger partial charge in [0, 0.05) is 13.1 Å². The van der Waals surface area contributed by atoms with Crippen molar-refractivity contribution in [3.63, 3.8) is 0 Å². The molecule has 1 aliphatic heterocycles. The van der Waals surface area contributed by atoms with E-state index in [4.69, 9.17) is 26.8 Å². The number of nitrogens with two attached hydrogens (primary N) is 1. The standard InChI is InChI=1S/C12H13ClFN3O5/c1-5(18)21-12-7(14)8(22-11(12,4-13)9(12)19)17-3-2-6(15)16-10(17)20/h2-3,7-9,19H,4H2,1H3,(H2,15,16,20)/t7-,8+,9?,11+,12+/m0/s1. The van der Waals surface area contributed by atoms with E-state index in [1.54, 1.807) is 0 Å². The second kappa shape index (κ2) is 4.64. The van der Waals surface area contributed by atoms with E-state index in [1.807, 2.05) is 0 Å². The molecule has 10 heteroatoms. The molecule has 1 aromatic rings. The van der Waals surface area contributed by atoms with Crippen molar-refractivity contribution in [1.29, 1.82) is 0 Å². The summed E-state index contributed by atoms with van der Waals surface area (Å²) in [5.41, 5.74) is 1.03. The Labute approximate surface area is 128 Å². The van der Waals surface area contributed by atoms with Crippen molar-refractivity contribution in [3.8, 4) is 0 Å². The van der Waals surface area contributed by atoms with Crippen LogP contribution < -0.4 is 11.4 Å². The van der Waals surface area contributed by atoms with Gasteiger partial charge < -0.3 is 20.3 Å². The van der Waals surface area contributed by atoms with E-state index >= 15 is 0 Å². The molecule has 1 saturated carbocycles. The minimum Gasteiger partial charge on any atom is -0.450 e. The Bertz CT molecular complexity index is 700. The summed E-state index contributed by atoms with van der Waals surface area (Å²) in [6.45, 7) is 1.08. The van der Waals surface area contributed by atoms with Gasteiger partial charge in [0.05, 0.1) is 5.88 Å². The first-order valence-corrected chi connectivity index (χ1v) is 6.94. The van der Waals surface area contributed by atoms with Crippen LogP contribution in [0.5, 0.6) is 0 Å². The predicted molar refractivity (Wildman–Crippen MR) is 71.9 cm³/mol. The number of anilines is 1. The van der Waals surface area contributed by atoms with Crippen molar-refractivity contribution < 1.29 is 23.8 Å². The number of aliphatic hydroxyl groups excluding tert-OH is 1. The third kappa shape index (κ3) is 1.67. The SMILES string of the molecule is CC(=O)O[C@]12C(O)[C@@]1(CCl)O[C@@H](n1ccc(N)nc1=O)[C@@H]2F. The van der Waals surface area contributed by atoms with Crippen molar-refractivity contribution in [1.82, 2.24) is 9.55 Å². The number of carbonyl (C=O) groups is 1. The summed E-state index contributed by atoms with van der Waals surface area (Å²) in [5.74, 6) is -1.13. The van der Waals surface area contributed by atoms with Gasteiger partial charge in [-0.1, -0.05) is 0 Å². The number of fused-ring (bicyclic) bond motifs is 1. The van der Waals surface area contributed by atoms with Crippen molar-refractivity contribution in [3.05, 3.63) is 22.7 Å². The normalized spacial score (nSPS) is 39.4. The molecule has 0 amide bonds. The fourth-order valence-electron chi connectivity index (χ4n) is 2.97. The molecule has 2 fully saturated rings. The minimum absolute atomic E-state index is 0.0263. The average molecular weight is 334 g/mol. The highest BCUT2D eigenvalue weighted by molar-refractivity contribution is 6.19. The van der Waals surface area contributed by atoms with Gasteiger partial charge in [-0.25, -0.2) is 9.18 Å². The largest absolute Gasteiger partial charge is 0.450 e. The fraction of sp³-hybridized carbons (Fsp3) is 0.583. The second-order valence-corrected chi connectivity index (χ2v) is 5.53. The number of alkyl halides is 2. The lowest BCUT2D eigenvalue weighted by molar-refractivity contribution is -0.156. The number of hydrogen-bond donors (Lipinski definition) is 2. The number of rotatable bonds is 3. The van der Waals surface area contributed by atoms with Crippen LogP contribution in [-0.4, -0.2) is 50.0 Å². The maximum absolute atomic E-state index is 14.8. The number of nitrogen functional groups attached to an aromatic ring is 1. The van der Waals surface area contributed by atoms with Crippen molar-refractivity contribution in [2.45, 2.75) is 36.6 Å². The number of aromatic nitrogens is 2. The lowest BCUT2D eigenvalue weighted by Gasteiger charge is -2.22. The van der Waals surface area contributed by atoms with E-state index in [9.17, 15) is 19.1 Å². The molecular formula is C12H13ClFN3O5. The van der Waals surface area contributed by atoms with Crippen LogP contribution >= 0.6 is 11.6 Å². The highest BCUT2D eigenvalue weighted by Crippen LogP contribution is 2.65. The summed E-state index contributed by atoms with van der Waals surface area (Å²) < 4.78 is 26.2. The molecule has 3 rings (SSSR count). The summed E-state index contributed by atoms with van der Waals surface area (Å²) in [4.78, 5) is 26.5. The predicted octanol–water partition coefficient (Wildman–Crippen LogP) is -0.654. The summed E-state index contributed by atoms with van der Waals surface area (Å²) in [7, 11) is 0. The number of nitrogens with zero attached hydrogens (tertiary/aromatic N) is 2. The molecule has 8 nitrogen and oxygen atoms in total. The molecular weight excluding hydrogens is 321 g/mol. The zero-order valence-electron chi connectivity index (χ0n) is 11.4. The molecule has 0 radical (unpaired) electrons. The van der Waals surface area contributed by atoms with Gasteiger partial charge in [0.2, 0.25) is 5.60 Å². The maximum atomic E-state index is 14.8. The van der Waals surface area contributed by atoms with Gasteiger partial charge in [-0.2, -0.15) is 4.98 Å². The second-order valence-electron chi connectivity index (χ2n) is 5.26. The van der Waals surface area contributed by atoms with E-state index in [0.29, 0.717) is 0 Å². The van der Waals surface area contributed by atoms with Crippen LogP contribution in [0.1, 0.15) is 13.2 Å². The quantitative estimate of drug-likeness (QED) is 0.557. The third-order valence-corrected chi connectivity index (χ3v) is 4.45. The number of hydrogen-bond acceptors (Lipinski definition) is 7. The van der Waals surface area contributed by atoms with Gasteiger partial charge >= 0.3 is 11.7 Å². The zero-order valence-corrected chi connectivity index (χ0v) is 12.2. The highest BCUT2D eigenvalue weighted by atomic mass is 35.5. The van der Waals surface area contributed by atoms with Gasteiger partial charge in [0.25, 0.3) is 0 Å². The first-order valence-electron chi connectivity index (χ1n) is 6.40. The van der Waals surface area contributed by atoms with Gasteiger partial charge in [-0.3, -0.25) is 9.36 Å². The number of halogens is 2. The van der Waals surface area contributed by atoms with E-state index in [2.05, 4.69) is 4.98 Å². The molecule has 1 aliphatic carbocycles. The van der Waals surface area contributed by atoms with E-state index < -0.39 is 41.4 Å². The van der Waals surface area contributed by atoms with E-state index in [0.717, 1.165) is 11.5 Å². The summed E-state index contributed by atoms with van der Waals surface area (Å²) in [5, 5.41) is 9.99. The van der Waals surface area contributed by atoms with Gasteiger partial charge in [0.15, 0.2) is 18.0 Å². The Morgan fingerprint density at radius 3 is 2.95 bits per heavy atom. The monoisotopic (exact) mass is 333 g/mol. The van der Waals surface area contributed by atoms with Crippen LogP contribution in [0.25, 0.3) is 0 Å². The third-order valence-electron chi connectivity index (χ3n) is 4.05. The lowest BCUT2D eigenvalue weighted by Crippen LogP contribution is -2.40. The van der Waals surface area contributed by atoms with Gasteiger partial charge in [-0.15, -0.1) is 11.6 Å². The molecule has 3 N–H and O–H groups in total. The fourth-order valence-corrected chi connectivity index (χ4v) is 3.39. The summed E-state index contributed by atoms with van der Waals surface area (Å²) in [6.07, 6.45) is -3.62. The van der Waals surface area contributed by atoms with E-state index in [-0.39, 0.29) is 11.7 Å². The summed E-state index contributed by atoms with van der Waals surface area (Å²) in [6, 6.07) is 1.30. The van der Waals surface area contributed by atoms with E-state index in [1.165, 1.54) is 12.3 Å². The smallest absolute Gasteiger partial charge is 0.351 e. The van der Waals surface area contributed by atoms with Crippen molar-refractivity contribution in [2.75, 3.05) is 11.6 Å². The topological polar surface area (TPSA) is 117 Å². The van der Waals surface area contributed by atoms with Crippen LogP contribution in [0.15, 0.2) is 17.1 Å². The lowest BCUT2D eigenvalue weighted by atomic mass is 10.1. The Balaban J connectivity index is 2.02. The Hall–Kier alpha value is -1.71. The Morgan fingerprint density at radius 2 is 2.41 bits per heavy atom. The Kier molecular flexibility index (Phi) is 3.21. The molecule has 5 atom stereocenters. The van der Waals surface area contributed by atoms with Crippen molar-refractivity contribution in [2.24, 2.45) is 0 Å². The maximum Gasteiger partial charge on any atom is 0.351 e. The molecule has 2 heterocycles. The summed E-state index contributed by atoms with van der Waals surface area (Å²) >= 11 is 5.78. The molecule has 120 valence electrons. The van der Waals surface area contributed by atoms with Crippen molar-refractivity contribution >= 4 is 23.4 Å². The number of carbonyl (C=O) groups excluding carboxylic acids is 1. The molecule has 0 spiro atoms. The molecule has 2 aliphatic rings. The van der Waals surface area contributed by atoms with Crippen LogP contribution in [-0.2, 0) is 14.3 Å². The molecule has 1 aromatic heterocycles.